The number of anilines is 1. The molecule has 3 rings (SSSR count). The number of nitrogens with zero attached hydrogens (tertiary/aromatic N) is 1. The van der Waals surface area contributed by atoms with Crippen LogP contribution >= 0.6 is 0 Å². The van der Waals surface area contributed by atoms with E-state index in [9.17, 15) is 9.59 Å². The van der Waals surface area contributed by atoms with Gasteiger partial charge in [0.05, 0.1) is 5.52 Å². The first kappa shape index (κ1) is 17.8. The lowest BCUT2D eigenvalue weighted by Crippen LogP contribution is -2.24. The van der Waals surface area contributed by atoms with Crippen LogP contribution in [0.15, 0.2) is 54.6 Å². The molecular weight excluding hydrogens is 328 g/mol. The van der Waals surface area contributed by atoms with E-state index in [1.54, 1.807) is 36.4 Å². The van der Waals surface area contributed by atoms with Crippen molar-refractivity contribution in [1.29, 1.82) is 0 Å². The van der Waals surface area contributed by atoms with Gasteiger partial charge in [-0.1, -0.05) is 43.3 Å². The van der Waals surface area contributed by atoms with Crippen LogP contribution in [0.1, 0.15) is 34.5 Å². The van der Waals surface area contributed by atoms with Crippen LogP contribution in [0.3, 0.4) is 0 Å². The Morgan fingerprint density at radius 3 is 2.50 bits per heavy atom. The van der Waals surface area contributed by atoms with E-state index >= 15 is 0 Å². The Kier molecular flexibility index (Phi) is 5.09. The molecule has 1 atom stereocenters. The van der Waals surface area contributed by atoms with Gasteiger partial charge in [-0.15, -0.1) is 0 Å². The van der Waals surface area contributed by atoms with Gasteiger partial charge in [-0.2, -0.15) is 0 Å². The van der Waals surface area contributed by atoms with E-state index in [1.165, 1.54) is 7.11 Å². The SMILES string of the molecule is CCc1ccc2nc(N)cc(C(OC)C(=O)C(=O)c3ccccc3)c2c1. The Balaban J connectivity index is 2.10. The maximum Gasteiger partial charge on any atom is 0.236 e. The van der Waals surface area contributed by atoms with Crippen molar-refractivity contribution < 1.29 is 14.3 Å². The number of rotatable bonds is 6. The zero-order valence-electron chi connectivity index (χ0n) is 14.7. The first-order chi connectivity index (χ1) is 12.5. The number of hydrogen-bond acceptors (Lipinski definition) is 5. The number of nitrogen functional groups attached to an aromatic ring is 1. The number of aromatic nitrogens is 1. The third kappa shape index (κ3) is 3.34. The molecule has 2 aromatic carbocycles. The lowest BCUT2D eigenvalue weighted by Gasteiger charge is -2.17. The monoisotopic (exact) mass is 348 g/mol. The van der Waals surface area contributed by atoms with Crippen LogP contribution < -0.4 is 5.73 Å². The third-order valence-corrected chi connectivity index (χ3v) is 4.35. The molecule has 3 aromatic rings. The molecule has 0 aliphatic heterocycles. The molecule has 26 heavy (non-hydrogen) atoms. The summed E-state index contributed by atoms with van der Waals surface area (Å²) < 4.78 is 5.42. The van der Waals surface area contributed by atoms with Crippen LogP contribution in [0, 0.1) is 0 Å². The number of pyridine rings is 1. The summed E-state index contributed by atoms with van der Waals surface area (Å²) in [7, 11) is 1.41. The van der Waals surface area contributed by atoms with Gasteiger partial charge in [0.25, 0.3) is 0 Å². The number of ketones is 2. The van der Waals surface area contributed by atoms with Gasteiger partial charge in [0.2, 0.25) is 11.6 Å². The maximum atomic E-state index is 12.8. The highest BCUT2D eigenvalue weighted by molar-refractivity contribution is 6.45. The fourth-order valence-electron chi connectivity index (χ4n) is 2.98. The largest absolute Gasteiger partial charge is 0.384 e. The zero-order valence-corrected chi connectivity index (χ0v) is 14.7. The summed E-state index contributed by atoms with van der Waals surface area (Å²) >= 11 is 0. The lowest BCUT2D eigenvalue weighted by molar-refractivity contribution is -0.124. The Morgan fingerprint density at radius 1 is 1.12 bits per heavy atom. The topological polar surface area (TPSA) is 82.3 Å². The molecule has 1 aromatic heterocycles. The highest BCUT2D eigenvalue weighted by Gasteiger charge is 2.29. The average molecular weight is 348 g/mol. The highest BCUT2D eigenvalue weighted by atomic mass is 16.5. The molecule has 132 valence electrons. The van der Waals surface area contributed by atoms with Crippen molar-refractivity contribution in [1.82, 2.24) is 4.98 Å². The molecule has 0 aliphatic carbocycles. The van der Waals surface area contributed by atoms with Crippen LogP contribution in [0.4, 0.5) is 5.82 Å². The zero-order chi connectivity index (χ0) is 18.7. The highest BCUT2D eigenvalue weighted by Crippen LogP contribution is 2.29. The number of hydrogen-bond donors (Lipinski definition) is 1. The number of benzene rings is 2. The maximum absolute atomic E-state index is 12.8. The predicted molar refractivity (Wildman–Crippen MR) is 101 cm³/mol. The summed E-state index contributed by atoms with van der Waals surface area (Å²) in [6, 6.07) is 15.9. The van der Waals surface area contributed by atoms with Gasteiger partial charge in [0.15, 0.2) is 0 Å². The van der Waals surface area contributed by atoms with Crippen molar-refractivity contribution in [2.45, 2.75) is 19.4 Å². The summed E-state index contributed by atoms with van der Waals surface area (Å²) in [6.45, 7) is 2.05. The molecule has 0 radical (unpaired) electrons. The summed E-state index contributed by atoms with van der Waals surface area (Å²) in [5.74, 6) is -0.945. The lowest BCUT2D eigenvalue weighted by atomic mass is 9.95. The van der Waals surface area contributed by atoms with Gasteiger partial charge in [-0.05, 0) is 30.2 Å². The molecule has 0 spiro atoms. The standard InChI is InChI=1S/C21H20N2O3/c1-3-13-9-10-17-15(11-13)16(12-18(22)23-17)21(26-2)20(25)19(24)14-7-5-4-6-8-14/h4-12,21H,3H2,1-2H3,(H2,22,23). The first-order valence-electron chi connectivity index (χ1n) is 8.40. The Labute approximate surface area is 151 Å². The van der Waals surface area contributed by atoms with Crippen molar-refractivity contribution in [3.63, 3.8) is 0 Å². The number of Topliss-reactive ketones (excluding diaryl/α,β-unsaturated/α-hetero) is 2. The van der Waals surface area contributed by atoms with Crippen LogP contribution in [0.5, 0.6) is 0 Å². The fourth-order valence-corrected chi connectivity index (χ4v) is 2.98. The van der Waals surface area contributed by atoms with E-state index < -0.39 is 17.7 Å². The van der Waals surface area contributed by atoms with Gasteiger partial charge >= 0.3 is 0 Å². The molecule has 0 aliphatic rings. The van der Waals surface area contributed by atoms with Crippen molar-refractivity contribution in [2.75, 3.05) is 12.8 Å². The second-order valence-corrected chi connectivity index (χ2v) is 6.02. The Bertz CT molecular complexity index is 968. The van der Waals surface area contributed by atoms with Crippen LogP contribution in [0.25, 0.3) is 10.9 Å². The molecule has 1 heterocycles. The van der Waals surface area contributed by atoms with Crippen molar-refractivity contribution in [3.8, 4) is 0 Å². The fraction of sp³-hybridized carbons (Fsp3) is 0.190. The molecule has 5 heteroatoms. The second kappa shape index (κ2) is 7.45. The smallest absolute Gasteiger partial charge is 0.236 e. The molecule has 0 bridgehead atoms. The minimum Gasteiger partial charge on any atom is -0.384 e. The number of methoxy groups -OCH3 is 1. The molecule has 2 N–H and O–H groups in total. The van der Waals surface area contributed by atoms with Gasteiger partial charge in [0, 0.05) is 23.6 Å². The molecule has 5 nitrogen and oxygen atoms in total. The summed E-state index contributed by atoms with van der Waals surface area (Å²) in [5.41, 5.74) is 8.57. The molecule has 1 unspecified atom stereocenters. The molecule has 0 saturated carbocycles. The van der Waals surface area contributed by atoms with E-state index in [-0.39, 0.29) is 5.82 Å². The third-order valence-electron chi connectivity index (χ3n) is 4.35. The summed E-state index contributed by atoms with van der Waals surface area (Å²) in [4.78, 5) is 29.8. The number of aryl methyl sites for hydroxylation is 1. The van der Waals surface area contributed by atoms with E-state index in [0.29, 0.717) is 16.6 Å². The Morgan fingerprint density at radius 2 is 1.85 bits per heavy atom. The predicted octanol–water partition coefficient (Wildman–Crippen LogP) is 3.52. The molecule has 0 fully saturated rings. The minimum atomic E-state index is -1.04. The molecule has 0 saturated heterocycles. The quantitative estimate of drug-likeness (QED) is 0.544. The minimum absolute atomic E-state index is 0.277. The average Bonchev–Trinajstić information content (AvgIpc) is 2.68. The molecule has 0 amide bonds. The molecular formula is C21H20N2O3. The van der Waals surface area contributed by atoms with Crippen LogP contribution in [0.2, 0.25) is 0 Å². The van der Waals surface area contributed by atoms with E-state index in [4.69, 9.17) is 10.5 Å². The normalized spacial score (nSPS) is 12.1. The van der Waals surface area contributed by atoms with Crippen molar-refractivity contribution in [3.05, 3.63) is 71.3 Å². The van der Waals surface area contributed by atoms with E-state index in [2.05, 4.69) is 4.98 Å². The van der Waals surface area contributed by atoms with Crippen molar-refractivity contribution >= 4 is 28.3 Å². The first-order valence-corrected chi connectivity index (χ1v) is 8.40. The van der Waals surface area contributed by atoms with Gasteiger partial charge < -0.3 is 10.5 Å². The van der Waals surface area contributed by atoms with Crippen LogP contribution in [-0.2, 0) is 16.0 Å². The second-order valence-electron chi connectivity index (χ2n) is 6.02. The summed E-state index contributed by atoms with van der Waals surface area (Å²) in [5, 5.41) is 0.764. The van der Waals surface area contributed by atoms with Crippen molar-refractivity contribution in [2.24, 2.45) is 0 Å². The van der Waals surface area contributed by atoms with E-state index in [0.717, 1.165) is 17.4 Å². The number of ether oxygens (including phenoxy) is 1. The van der Waals surface area contributed by atoms with Gasteiger partial charge in [0.1, 0.15) is 11.9 Å². The number of carbonyl (C=O) groups is 2. The number of nitrogens with two attached hydrogens (primary N) is 1. The number of fused-ring (bicyclic) bond motifs is 1. The summed E-state index contributed by atoms with van der Waals surface area (Å²) in [6.07, 6.45) is -0.198. The van der Waals surface area contributed by atoms with Gasteiger partial charge in [-0.3, -0.25) is 9.59 Å². The van der Waals surface area contributed by atoms with Crippen LogP contribution in [-0.4, -0.2) is 23.7 Å². The number of carbonyl (C=O) groups excluding carboxylic acids is 2. The Hall–Kier alpha value is -3.05. The van der Waals surface area contributed by atoms with Gasteiger partial charge in [-0.25, -0.2) is 4.98 Å². The van der Waals surface area contributed by atoms with E-state index in [1.807, 2.05) is 25.1 Å².